The summed E-state index contributed by atoms with van der Waals surface area (Å²) < 4.78 is 13.2. The largest absolute Gasteiger partial charge is 0.489 e. The number of allylic oxidation sites excluding steroid dienone is 5. The fraction of sp³-hybridized carbons (Fsp3) is 0.344. The zero-order valence-corrected chi connectivity index (χ0v) is 22.9. The molecule has 0 atom stereocenters. The molecule has 0 fully saturated rings. The molecule has 0 unspecified atom stereocenters. The van der Waals surface area contributed by atoms with Crippen molar-refractivity contribution in [2.45, 2.75) is 60.1 Å². The first kappa shape index (κ1) is 28.7. The lowest BCUT2D eigenvalue weighted by Crippen LogP contribution is -2.33. The number of benzene rings is 2. The fourth-order valence-electron chi connectivity index (χ4n) is 4.56. The predicted molar refractivity (Wildman–Crippen MR) is 152 cm³/mol. The Labute approximate surface area is 216 Å². The third-order valence-electron chi connectivity index (χ3n) is 5.53. The summed E-state index contributed by atoms with van der Waals surface area (Å²) in [6.07, 6.45) is 10.4. The number of carbonyl (C=O) groups excluding carboxylic acids is 1. The molecule has 4 nitrogen and oxygen atoms in total. The van der Waals surface area contributed by atoms with Crippen LogP contribution < -0.4 is 4.74 Å². The van der Waals surface area contributed by atoms with E-state index in [-0.39, 0.29) is 16.9 Å². The van der Waals surface area contributed by atoms with Crippen LogP contribution in [0.25, 0.3) is 10.9 Å². The minimum atomic E-state index is -0.324. The highest BCUT2D eigenvalue weighted by Gasteiger charge is 2.32. The van der Waals surface area contributed by atoms with Gasteiger partial charge in [0.25, 0.3) is 0 Å². The van der Waals surface area contributed by atoms with Crippen molar-refractivity contribution in [2.75, 3.05) is 7.11 Å². The van der Waals surface area contributed by atoms with Gasteiger partial charge in [0.2, 0.25) is 0 Å². The van der Waals surface area contributed by atoms with Gasteiger partial charge in [-0.05, 0) is 62.4 Å². The number of rotatable bonds is 8. The Morgan fingerprint density at radius 2 is 1.67 bits per heavy atom. The van der Waals surface area contributed by atoms with Gasteiger partial charge in [-0.25, -0.2) is 4.79 Å². The standard InChI is InChI=1S/C25H31NO3.C7H10/c1-24(2,3)17-25(4,5)26-21-13-12-20(29-16-18-10-8-7-9-11-18)14-19(21)15-22(26)23(27)28-6;1-3-5-7-6-4-2/h7-15H,16-17H2,1-6H3;3-7H,1H2,2H3/b;6-4-,7-5-. The molecule has 4 heteroatoms. The third-order valence-corrected chi connectivity index (χ3v) is 5.53. The number of ether oxygens (including phenoxy) is 2. The van der Waals surface area contributed by atoms with Gasteiger partial charge in [0.15, 0.2) is 0 Å². The molecule has 2 aromatic carbocycles. The Morgan fingerprint density at radius 3 is 2.25 bits per heavy atom. The van der Waals surface area contributed by atoms with Crippen molar-refractivity contribution >= 4 is 16.9 Å². The van der Waals surface area contributed by atoms with Crippen molar-refractivity contribution < 1.29 is 14.3 Å². The van der Waals surface area contributed by atoms with Gasteiger partial charge in [-0.1, -0.05) is 88.1 Å². The molecule has 0 saturated carbocycles. The molecule has 0 spiro atoms. The zero-order chi connectivity index (χ0) is 26.8. The van der Waals surface area contributed by atoms with Crippen LogP contribution >= 0.6 is 0 Å². The van der Waals surface area contributed by atoms with Gasteiger partial charge in [-0.15, -0.1) is 0 Å². The fourth-order valence-corrected chi connectivity index (χ4v) is 4.56. The Morgan fingerprint density at radius 1 is 0.972 bits per heavy atom. The van der Waals surface area contributed by atoms with E-state index in [1.807, 2.05) is 85.8 Å². The first-order valence-corrected chi connectivity index (χ1v) is 12.3. The minimum Gasteiger partial charge on any atom is -0.489 e. The van der Waals surface area contributed by atoms with Crippen molar-refractivity contribution in [1.82, 2.24) is 4.57 Å². The van der Waals surface area contributed by atoms with Crippen molar-refractivity contribution in [1.29, 1.82) is 0 Å². The van der Waals surface area contributed by atoms with Gasteiger partial charge in [0.1, 0.15) is 18.1 Å². The monoisotopic (exact) mass is 487 g/mol. The summed E-state index contributed by atoms with van der Waals surface area (Å²) in [5.41, 5.74) is 2.55. The molecule has 36 heavy (non-hydrogen) atoms. The van der Waals surface area contributed by atoms with Crippen LogP contribution in [0.2, 0.25) is 0 Å². The van der Waals surface area contributed by atoms with Crippen LogP contribution in [-0.2, 0) is 16.9 Å². The number of carbonyl (C=O) groups is 1. The molecule has 1 heterocycles. The van der Waals surface area contributed by atoms with Gasteiger partial charge in [-0.2, -0.15) is 0 Å². The highest BCUT2D eigenvalue weighted by atomic mass is 16.5. The maximum absolute atomic E-state index is 12.5. The van der Waals surface area contributed by atoms with Crippen molar-refractivity contribution in [3.8, 4) is 5.75 Å². The smallest absolute Gasteiger partial charge is 0.354 e. The summed E-state index contributed by atoms with van der Waals surface area (Å²) in [5, 5.41) is 0.970. The quantitative estimate of drug-likeness (QED) is 0.236. The Hall–Kier alpha value is -3.53. The lowest BCUT2D eigenvalue weighted by molar-refractivity contribution is 0.0577. The highest BCUT2D eigenvalue weighted by Crippen LogP contribution is 2.37. The van der Waals surface area contributed by atoms with Gasteiger partial charge < -0.3 is 14.0 Å². The molecule has 0 aliphatic rings. The maximum Gasteiger partial charge on any atom is 0.354 e. The molecule has 0 N–H and O–H groups in total. The molecule has 0 aliphatic carbocycles. The van der Waals surface area contributed by atoms with E-state index in [0.29, 0.717) is 12.3 Å². The van der Waals surface area contributed by atoms with Crippen LogP contribution in [0.15, 0.2) is 91.6 Å². The lowest BCUT2D eigenvalue weighted by atomic mass is 9.81. The lowest BCUT2D eigenvalue weighted by Gasteiger charge is -2.35. The van der Waals surface area contributed by atoms with Gasteiger partial charge in [0.05, 0.1) is 7.11 Å². The predicted octanol–water partition coefficient (Wildman–Crippen LogP) is 8.48. The number of hydrogen-bond donors (Lipinski definition) is 0. The van der Waals surface area contributed by atoms with Crippen LogP contribution in [0.1, 0.15) is 64.0 Å². The molecular weight excluding hydrogens is 446 g/mol. The van der Waals surface area contributed by atoms with Crippen LogP contribution in [0.5, 0.6) is 5.75 Å². The molecule has 0 amide bonds. The molecule has 0 bridgehead atoms. The van der Waals surface area contributed by atoms with Gasteiger partial charge in [0, 0.05) is 16.4 Å². The second-order valence-corrected chi connectivity index (χ2v) is 10.5. The maximum atomic E-state index is 12.5. The van der Waals surface area contributed by atoms with Crippen molar-refractivity contribution in [2.24, 2.45) is 5.41 Å². The second kappa shape index (κ2) is 13.0. The highest BCUT2D eigenvalue weighted by molar-refractivity contribution is 5.96. The van der Waals surface area contributed by atoms with Crippen molar-refractivity contribution in [3.05, 3.63) is 103 Å². The average molecular weight is 488 g/mol. The normalized spacial score (nSPS) is 12.0. The molecule has 0 radical (unpaired) electrons. The Balaban J connectivity index is 0.000000572. The van der Waals surface area contributed by atoms with E-state index in [4.69, 9.17) is 9.47 Å². The molecular formula is C32H41NO3. The summed E-state index contributed by atoms with van der Waals surface area (Å²) in [5.74, 6) is 0.457. The van der Waals surface area contributed by atoms with E-state index in [9.17, 15) is 4.79 Å². The number of hydrogen-bond acceptors (Lipinski definition) is 3. The number of nitrogens with zero attached hydrogens (tertiary/aromatic N) is 1. The van der Waals surface area contributed by atoms with Gasteiger partial charge in [-0.3, -0.25) is 0 Å². The minimum absolute atomic E-state index is 0.117. The van der Waals surface area contributed by atoms with E-state index in [2.05, 4.69) is 45.8 Å². The number of methoxy groups -OCH3 is 1. The summed E-state index contributed by atoms with van der Waals surface area (Å²) in [6.45, 7) is 17.0. The summed E-state index contributed by atoms with van der Waals surface area (Å²) >= 11 is 0. The van der Waals surface area contributed by atoms with E-state index in [1.165, 1.54) is 7.11 Å². The SMILES string of the molecule is C=C/C=C\C=C/C.COC(=O)c1cc2cc(OCc3ccccc3)ccc2n1C(C)(C)CC(C)(C)C. The summed E-state index contributed by atoms with van der Waals surface area (Å²) in [4.78, 5) is 12.5. The van der Waals surface area contributed by atoms with E-state index in [0.717, 1.165) is 28.6 Å². The second-order valence-electron chi connectivity index (χ2n) is 10.5. The van der Waals surface area contributed by atoms with Gasteiger partial charge >= 0.3 is 5.97 Å². The number of aromatic nitrogens is 1. The molecule has 192 valence electrons. The van der Waals surface area contributed by atoms with E-state index >= 15 is 0 Å². The molecule has 1 aromatic heterocycles. The first-order valence-electron chi connectivity index (χ1n) is 12.3. The Bertz CT molecular complexity index is 1190. The third kappa shape index (κ3) is 8.30. The number of esters is 1. The molecule has 0 saturated heterocycles. The Kier molecular flexibility index (Phi) is 10.3. The summed E-state index contributed by atoms with van der Waals surface area (Å²) in [6, 6.07) is 18.0. The molecule has 0 aliphatic heterocycles. The topological polar surface area (TPSA) is 40.5 Å². The molecule has 3 aromatic rings. The van der Waals surface area contributed by atoms with Crippen LogP contribution in [-0.4, -0.2) is 17.6 Å². The molecule has 3 rings (SSSR count). The van der Waals surface area contributed by atoms with Crippen molar-refractivity contribution in [3.63, 3.8) is 0 Å². The first-order chi connectivity index (χ1) is 17.0. The van der Waals surface area contributed by atoms with Crippen LogP contribution in [0, 0.1) is 5.41 Å². The van der Waals surface area contributed by atoms with E-state index < -0.39 is 0 Å². The average Bonchev–Trinajstić information content (AvgIpc) is 3.22. The van der Waals surface area contributed by atoms with E-state index in [1.54, 1.807) is 6.08 Å². The van der Waals surface area contributed by atoms with Crippen LogP contribution in [0.3, 0.4) is 0 Å². The number of fused-ring (bicyclic) bond motifs is 1. The summed E-state index contributed by atoms with van der Waals surface area (Å²) in [7, 11) is 1.43. The zero-order valence-electron chi connectivity index (χ0n) is 22.9. The van der Waals surface area contributed by atoms with Crippen LogP contribution in [0.4, 0.5) is 0 Å².